The molecule has 3 aromatic rings. The maximum Gasteiger partial charge on any atom is 0.412 e. The molecule has 3 aromatic carbocycles. The van der Waals surface area contributed by atoms with E-state index in [0.29, 0.717) is 22.9 Å². The largest absolute Gasteiger partial charge is 0.505 e. The number of nitrogens with one attached hydrogen (secondary N) is 1. The Morgan fingerprint density at radius 2 is 1.84 bits per heavy atom. The number of amides is 1. The number of para-hydroxylation sites is 1. The summed E-state index contributed by atoms with van der Waals surface area (Å²) in [6, 6.07) is 17.2. The van der Waals surface area contributed by atoms with Gasteiger partial charge in [0.15, 0.2) is 29.2 Å². The lowest BCUT2D eigenvalue weighted by molar-refractivity contribution is -0.131. The highest BCUT2D eigenvalue weighted by Crippen LogP contribution is 2.35. The average Bonchev–Trinajstić information content (AvgIpc) is 3.35. The molecule has 10 heteroatoms. The van der Waals surface area contributed by atoms with E-state index in [1.54, 1.807) is 48.5 Å². The molecule has 0 bridgehead atoms. The number of halogens is 1. The molecule has 9 nitrogen and oxygen atoms in total. The number of hydrogen-bond donors (Lipinski definition) is 3. The first kappa shape index (κ1) is 25.4. The molecule has 0 spiro atoms. The van der Waals surface area contributed by atoms with Gasteiger partial charge in [-0.3, -0.25) is 5.32 Å². The zero-order valence-corrected chi connectivity index (χ0v) is 19.5. The van der Waals surface area contributed by atoms with E-state index in [9.17, 15) is 19.1 Å². The number of carbonyl (C=O) groups excluding carboxylic acids is 1. The average molecular weight is 509 g/mol. The summed E-state index contributed by atoms with van der Waals surface area (Å²) in [5.74, 6) is -1.08. The molecule has 0 fully saturated rings. The second-order valence-electron chi connectivity index (χ2n) is 8.02. The van der Waals surface area contributed by atoms with Crippen molar-refractivity contribution < 1.29 is 43.1 Å². The van der Waals surface area contributed by atoms with Crippen molar-refractivity contribution in [3.8, 4) is 23.0 Å². The summed E-state index contributed by atoms with van der Waals surface area (Å²) in [6.45, 7) is 0.0759. The van der Waals surface area contributed by atoms with Gasteiger partial charge >= 0.3 is 12.1 Å². The van der Waals surface area contributed by atoms with Crippen LogP contribution in [0.1, 0.15) is 24.5 Å². The number of carboxylic acid groups (broad SMARTS) is 1. The maximum absolute atomic E-state index is 14.3. The Morgan fingerprint density at radius 3 is 2.59 bits per heavy atom. The molecule has 192 valence electrons. The van der Waals surface area contributed by atoms with Crippen molar-refractivity contribution >= 4 is 17.7 Å². The smallest absolute Gasteiger partial charge is 0.412 e. The number of phenolic OH excluding ortho intramolecular Hbond substituents is 1. The molecule has 1 aliphatic heterocycles. The van der Waals surface area contributed by atoms with E-state index >= 15 is 0 Å². The van der Waals surface area contributed by atoms with E-state index in [1.807, 2.05) is 0 Å². The van der Waals surface area contributed by atoms with E-state index in [0.717, 1.165) is 18.2 Å². The second-order valence-corrected chi connectivity index (χ2v) is 8.02. The van der Waals surface area contributed by atoms with Crippen LogP contribution < -0.4 is 19.5 Å². The summed E-state index contributed by atoms with van der Waals surface area (Å²) in [6.07, 6.45) is 0.138. The van der Waals surface area contributed by atoms with Crippen LogP contribution in [-0.4, -0.2) is 35.2 Å². The quantitative estimate of drug-likeness (QED) is 0.310. The van der Waals surface area contributed by atoms with Crippen LogP contribution in [0, 0.1) is 5.82 Å². The fourth-order valence-electron chi connectivity index (χ4n) is 3.69. The van der Waals surface area contributed by atoms with Crippen molar-refractivity contribution in [2.75, 3.05) is 12.1 Å². The van der Waals surface area contributed by atoms with E-state index in [2.05, 4.69) is 5.32 Å². The first-order valence-electron chi connectivity index (χ1n) is 11.4. The number of aliphatic carboxylic acids is 1. The van der Waals surface area contributed by atoms with E-state index in [1.165, 1.54) is 12.1 Å². The molecule has 4 rings (SSSR count). The van der Waals surface area contributed by atoms with E-state index in [4.69, 9.17) is 24.1 Å². The number of phenols is 1. The third-order valence-corrected chi connectivity index (χ3v) is 5.40. The van der Waals surface area contributed by atoms with Gasteiger partial charge in [-0.25, -0.2) is 14.0 Å². The molecular formula is C27H24FNO8. The number of allylic oxidation sites excluding steroid dienone is 1. The number of aromatic hydroxyl groups is 1. The van der Waals surface area contributed by atoms with Crippen LogP contribution in [0.5, 0.6) is 23.0 Å². The van der Waals surface area contributed by atoms with Crippen LogP contribution in [0.25, 0.3) is 0 Å². The molecule has 1 aliphatic rings. The zero-order valence-electron chi connectivity index (χ0n) is 19.5. The first-order chi connectivity index (χ1) is 17.9. The van der Waals surface area contributed by atoms with Gasteiger partial charge in [0, 0.05) is 17.8 Å². The summed E-state index contributed by atoms with van der Waals surface area (Å²) in [4.78, 5) is 23.8. The van der Waals surface area contributed by atoms with Gasteiger partial charge in [0.05, 0.1) is 0 Å². The third kappa shape index (κ3) is 6.91. The lowest BCUT2D eigenvalue weighted by atomic mass is 9.99. The third-order valence-electron chi connectivity index (χ3n) is 5.40. The molecule has 0 saturated carbocycles. The SMILES string of the molecule is O=C(O)/C=C/CC[C@H](Oc1ccccc1)[C@@H](OC(=O)Nc1ccc2c(c1)OCO2)c1ccc(O)c(F)c1. The predicted molar refractivity (Wildman–Crippen MR) is 130 cm³/mol. The van der Waals surface area contributed by atoms with Crippen molar-refractivity contribution in [2.24, 2.45) is 0 Å². The van der Waals surface area contributed by atoms with Gasteiger partial charge < -0.3 is 29.2 Å². The number of carbonyl (C=O) groups is 2. The van der Waals surface area contributed by atoms with Gasteiger partial charge in [-0.15, -0.1) is 0 Å². The van der Waals surface area contributed by atoms with Gasteiger partial charge in [0.1, 0.15) is 11.9 Å². The normalized spacial score (nSPS) is 13.6. The summed E-state index contributed by atoms with van der Waals surface area (Å²) in [7, 11) is 0. The van der Waals surface area contributed by atoms with Gasteiger partial charge in [0.2, 0.25) is 6.79 Å². The molecule has 3 N–H and O–H groups in total. The number of rotatable bonds is 10. The van der Waals surface area contributed by atoms with Crippen LogP contribution in [0.4, 0.5) is 14.9 Å². The van der Waals surface area contributed by atoms with E-state index < -0.39 is 35.8 Å². The first-order valence-corrected chi connectivity index (χ1v) is 11.4. The molecular weight excluding hydrogens is 485 g/mol. The number of ether oxygens (including phenoxy) is 4. The zero-order chi connectivity index (χ0) is 26.2. The Balaban J connectivity index is 1.60. The predicted octanol–water partition coefficient (Wildman–Crippen LogP) is 5.42. The molecule has 0 radical (unpaired) electrons. The van der Waals surface area contributed by atoms with Crippen LogP contribution in [0.15, 0.2) is 78.9 Å². The monoisotopic (exact) mass is 509 g/mol. The Kier molecular flexibility index (Phi) is 8.09. The standard InChI is InChI=1S/C27H24FNO8/c28-20-14-17(10-12-21(20)30)26(37-27(33)29-18-11-13-22-24(15-18)35-16-34-22)23(8-4-5-9-25(31)32)36-19-6-2-1-3-7-19/h1-3,5-7,9-15,23,26,30H,4,8,16H2,(H,29,33)(H,31,32)/b9-5+/t23-,26-/m0/s1. The van der Waals surface area contributed by atoms with Crippen LogP contribution in [-0.2, 0) is 9.53 Å². The Morgan fingerprint density at radius 1 is 1.05 bits per heavy atom. The summed E-state index contributed by atoms with van der Waals surface area (Å²) < 4.78 is 36.7. The molecule has 1 heterocycles. The number of benzene rings is 3. The molecule has 0 saturated heterocycles. The molecule has 2 atom stereocenters. The summed E-state index contributed by atoms with van der Waals surface area (Å²) in [5.41, 5.74) is 0.620. The lowest BCUT2D eigenvalue weighted by Gasteiger charge is -2.28. The highest BCUT2D eigenvalue weighted by atomic mass is 19.1. The fraction of sp³-hybridized carbons (Fsp3) is 0.185. The second kappa shape index (κ2) is 11.8. The molecule has 37 heavy (non-hydrogen) atoms. The number of anilines is 1. The maximum atomic E-state index is 14.3. The highest BCUT2D eigenvalue weighted by molar-refractivity contribution is 5.85. The van der Waals surface area contributed by atoms with Gasteiger partial charge in [0.25, 0.3) is 0 Å². The van der Waals surface area contributed by atoms with Crippen molar-refractivity contribution in [3.05, 3.63) is 90.3 Å². The molecule has 0 aliphatic carbocycles. The van der Waals surface area contributed by atoms with E-state index in [-0.39, 0.29) is 25.2 Å². The van der Waals surface area contributed by atoms with Gasteiger partial charge in [-0.05, 0) is 54.8 Å². The minimum Gasteiger partial charge on any atom is -0.505 e. The highest BCUT2D eigenvalue weighted by Gasteiger charge is 2.30. The van der Waals surface area contributed by atoms with Crippen LogP contribution in [0.2, 0.25) is 0 Å². The van der Waals surface area contributed by atoms with Crippen molar-refractivity contribution in [2.45, 2.75) is 25.0 Å². The number of fused-ring (bicyclic) bond motifs is 1. The molecule has 1 amide bonds. The van der Waals surface area contributed by atoms with Crippen molar-refractivity contribution in [1.82, 2.24) is 0 Å². The minimum atomic E-state index is -1.12. The molecule has 0 unspecified atom stereocenters. The van der Waals surface area contributed by atoms with Crippen molar-refractivity contribution in [1.29, 1.82) is 0 Å². The fourth-order valence-corrected chi connectivity index (χ4v) is 3.69. The number of carboxylic acids is 1. The van der Waals surface area contributed by atoms with Crippen LogP contribution >= 0.6 is 0 Å². The summed E-state index contributed by atoms with van der Waals surface area (Å²) in [5, 5.41) is 21.2. The van der Waals surface area contributed by atoms with Gasteiger partial charge in [-0.1, -0.05) is 30.3 Å². The topological polar surface area (TPSA) is 124 Å². The Hall–Kier alpha value is -4.73. The lowest BCUT2D eigenvalue weighted by Crippen LogP contribution is -2.31. The molecule has 0 aromatic heterocycles. The van der Waals surface area contributed by atoms with Gasteiger partial charge in [-0.2, -0.15) is 0 Å². The Labute approximate surface area is 211 Å². The van der Waals surface area contributed by atoms with Crippen molar-refractivity contribution in [3.63, 3.8) is 0 Å². The Bertz CT molecular complexity index is 1280. The van der Waals surface area contributed by atoms with Crippen LogP contribution in [0.3, 0.4) is 0 Å². The number of hydrogen-bond acceptors (Lipinski definition) is 7. The summed E-state index contributed by atoms with van der Waals surface area (Å²) >= 11 is 0. The minimum absolute atomic E-state index is 0.0759.